The number of esters is 1. The van der Waals surface area contributed by atoms with Crippen LogP contribution in [-0.4, -0.2) is 39.2 Å². The quantitative estimate of drug-likeness (QED) is 0.431. The van der Waals surface area contributed by atoms with Gasteiger partial charge < -0.3 is 14.4 Å². The standard InChI is InChI=1S/C23H33NO4/c1-7-28-23(26)20-15-19(12-11-18(4)10-8-9-17(2)3)13-14-21(20)24(5)22(25)16-27-6/h9,11,13-15H,7-8,10,12,16H2,1-6H3. The van der Waals surface area contributed by atoms with Gasteiger partial charge in [-0.3, -0.25) is 4.79 Å². The molecular formula is C23H33NO4. The molecule has 5 heteroatoms. The number of anilines is 1. The fourth-order valence-corrected chi connectivity index (χ4v) is 2.71. The van der Waals surface area contributed by atoms with Crippen LogP contribution >= 0.6 is 0 Å². The van der Waals surface area contributed by atoms with E-state index in [0.717, 1.165) is 24.8 Å². The Kier molecular flexibility index (Phi) is 10.2. The Balaban J connectivity index is 3.03. The van der Waals surface area contributed by atoms with Gasteiger partial charge in [-0.2, -0.15) is 0 Å². The zero-order valence-electron chi connectivity index (χ0n) is 18.0. The number of hydrogen-bond acceptors (Lipinski definition) is 4. The molecule has 0 aromatic heterocycles. The maximum Gasteiger partial charge on any atom is 0.340 e. The van der Waals surface area contributed by atoms with E-state index in [2.05, 4.69) is 32.9 Å². The van der Waals surface area contributed by atoms with Crippen LogP contribution in [0.25, 0.3) is 0 Å². The molecule has 0 fully saturated rings. The minimum absolute atomic E-state index is 0.0475. The van der Waals surface area contributed by atoms with Crippen molar-refractivity contribution in [3.05, 3.63) is 52.6 Å². The van der Waals surface area contributed by atoms with E-state index in [1.54, 1.807) is 20.0 Å². The van der Waals surface area contributed by atoms with Crippen molar-refractivity contribution in [3.8, 4) is 0 Å². The van der Waals surface area contributed by atoms with E-state index in [1.807, 2.05) is 12.1 Å². The molecule has 5 nitrogen and oxygen atoms in total. The molecule has 1 amide bonds. The topological polar surface area (TPSA) is 55.8 Å². The van der Waals surface area contributed by atoms with Crippen LogP contribution in [0.2, 0.25) is 0 Å². The van der Waals surface area contributed by atoms with Crippen molar-refractivity contribution in [1.82, 2.24) is 0 Å². The largest absolute Gasteiger partial charge is 0.462 e. The Bertz CT molecular complexity index is 730. The minimum Gasteiger partial charge on any atom is -0.462 e. The SMILES string of the molecule is CCOC(=O)c1cc(CC=C(C)CCC=C(C)C)ccc1N(C)C(=O)COC. The molecule has 0 spiro atoms. The smallest absolute Gasteiger partial charge is 0.340 e. The number of allylic oxidation sites excluding steroid dienone is 4. The molecule has 0 radical (unpaired) electrons. The molecule has 0 aliphatic carbocycles. The van der Waals surface area contributed by atoms with E-state index in [4.69, 9.17) is 9.47 Å². The van der Waals surface area contributed by atoms with E-state index < -0.39 is 5.97 Å². The van der Waals surface area contributed by atoms with Gasteiger partial charge in [-0.05, 0) is 64.7 Å². The number of nitrogens with zero attached hydrogens (tertiary/aromatic N) is 1. The second-order valence-electron chi connectivity index (χ2n) is 7.03. The molecule has 1 aromatic carbocycles. The first-order valence-electron chi connectivity index (χ1n) is 9.64. The summed E-state index contributed by atoms with van der Waals surface area (Å²) in [6.07, 6.45) is 7.19. The molecule has 0 N–H and O–H groups in total. The molecule has 0 aliphatic heterocycles. The summed E-state index contributed by atoms with van der Waals surface area (Å²) in [6, 6.07) is 5.54. The molecule has 0 atom stereocenters. The maximum atomic E-state index is 12.4. The van der Waals surface area contributed by atoms with E-state index in [1.165, 1.54) is 23.2 Å². The lowest BCUT2D eigenvalue weighted by atomic mass is 10.0. The van der Waals surface area contributed by atoms with Crippen LogP contribution in [0.15, 0.2) is 41.5 Å². The van der Waals surface area contributed by atoms with Gasteiger partial charge in [0.15, 0.2) is 0 Å². The van der Waals surface area contributed by atoms with Crippen LogP contribution < -0.4 is 4.90 Å². The van der Waals surface area contributed by atoms with Crippen molar-refractivity contribution in [1.29, 1.82) is 0 Å². The number of methoxy groups -OCH3 is 1. The molecule has 0 saturated carbocycles. The summed E-state index contributed by atoms with van der Waals surface area (Å²) in [5, 5.41) is 0. The maximum absolute atomic E-state index is 12.4. The summed E-state index contributed by atoms with van der Waals surface area (Å²) in [5.41, 5.74) is 4.55. The van der Waals surface area contributed by atoms with E-state index in [-0.39, 0.29) is 19.1 Å². The Labute approximate surface area is 169 Å². The first-order valence-corrected chi connectivity index (χ1v) is 9.64. The number of amides is 1. The van der Waals surface area contributed by atoms with Crippen molar-refractivity contribution in [2.45, 2.75) is 47.0 Å². The molecule has 1 rings (SSSR count). The zero-order chi connectivity index (χ0) is 21.1. The van der Waals surface area contributed by atoms with E-state index in [9.17, 15) is 9.59 Å². The number of carbonyl (C=O) groups excluding carboxylic acids is 2. The summed E-state index contributed by atoms with van der Waals surface area (Å²) in [7, 11) is 3.10. The molecule has 0 bridgehead atoms. The van der Waals surface area contributed by atoms with Gasteiger partial charge in [-0.25, -0.2) is 4.79 Å². The van der Waals surface area contributed by atoms with Crippen LogP contribution in [0.1, 0.15) is 56.5 Å². The van der Waals surface area contributed by atoms with E-state index >= 15 is 0 Å². The summed E-state index contributed by atoms with van der Waals surface area (Å²) in [6.45, 7) is 8.32. The monoisotopic (exact) mass is 387 g/mol. The van der Waals surface area contributed by atoms with Crippen molar-refractivity contribution in [2.24, 2.45) is 0 Å². The molecule has 154 valence electrons. The first-order chi connectivity index (χ1) is 13.3. The van der Waals surface area contributed by atoms with Crippen LogP contribution in [0, 0.1) is 0 Å². The average molecular weight is 388 g/mol. The second kappa shape index (κ2) is 12.1. The predicted octanol–water partition coefficient (Wildman–Crippen LogP) is 4.71. The van der Waals surface area contributed by atoms with Crippen molar-refractivity contribution < 1.29 is 19.1 Å². The van der Waals surface area contributed by atoms with Crippen molar-refractivity contribution in [2.75, 3.05) is 32.3 Å². The van der Waals surface area contributed by atoms with Gasteiger partial charge in [0.05, 0.1) is 17.9 Å². The zero-order valence-corrected chi connectivity index (χ0v) is 18.0. The molecule has 28 heavy (non-hydrogen) atoms. The Hall–Kier alpha value is -2.40. The van der Waals surface area contributed by atoms with Gasteiger partial charge in [0.1, 0.15) is 6.61 Å². The molecule has 1 aromatic rings. The second-order valence-corrected chi connectivity index (χ2v) is 7.03. The number of likely N-dealkylation sites (N-methyl/N-ethyl adjacent to an activating group) is 1. The van der Waals surface area contributed by atoms with Gasteiger partial charge in [0, 0.05) is 14.2 Å². The normalized spacial score (nSPS) is 11.1. The molecular weight excluding hydrogens is 354 g/mol. The summed E-state index contributed by atoms with van der Waals surface area (Å²) < 4.78 is 10.1. The number of ether oxygens (including phenoxy) is 2. The van der Waals surface area contributed by atoms with E-state index in [0.29, 0.717) is 11.3 Å². The van der Waals surface area contributed by atoms with Gasteiger partial charge in [-0.15, -0.1) is 0 Å². The van der Waals surface area contributed by atoms with Crippen molar-refractivity contribution >= 4 is 17.6 Å². The highest BCUT2D eigenvalue weighted by Gasteiger charge is 2.20. The lowest BCUT2D eigenvalue weighted by Gasteiger charge is -2.20. The molecule has 0 aliphatic rings. The number of hydrogen-bond donors (Lipinski definition) is 0. The fourth-order valence-electron chi connectivity index (χ4n) is 2.71. The van der Waals surface area contributed by atoms with Crippen LogP contribution in [0.4, 0.5) is 5.69 Å². The predicted molar refractivity (Wildman–Crippen MR) is 114 cm³/mol. The van der Waals surface area contributed by atoms with Gasteiger partial charge in [-0.1, -0.05) is 29.4 Å². The fraction of sp³-hybridized carbons (Fsp3) is 0.478. The van der Waals surface area contributed by atoms with Gasteiger partial charge >= 0.3 is 5.97 Å². The summed E-state index contributed by atoms with van der Waals surface area (Å²) >= 11 is 0. The third-order valence-electron chi connectivity index (χ3n) is 4.34. The molecule has 0 heterocycles. The highest BCUT2D eigenvalue weighted by Crippen LogP contribution is 2.23. The summed E-state index contributed by atoms with van der Waals surface area (Å²) in [4.78, 5) is 26.0. The number of benzene rings is 1. The van der Waals surface area contributed by atoms with Gasteiger partial charge in [0.25, 0.3) is 5.91 Å². The summed E-state index contributed by atoms with van der Waals surface area (Å²) in [5.74, 6) is -0.656. The Morgan fingerprint density at radius 1 is 1.14 bits per heavy atom. The Morgan fingerprint density at radius 2 is 1.86 bits per heavy atom. The number of carbonyl (C=O) groups is 2. The first kappa shape index (κ1) is 23.6. The van der Waals surface area contributed by atoms with Crippen LogP contribution in [-0.2, 0) is 20.7 Å². The van der Waals surface area contributed by atoms with Gasteiger partial charge in [0.2, 0.25) is 0 Å². The number of rotatable bonds is 10. The van der Waals surface area contributed by atoms with Crippen molar-refractivity contribution in [3.63, 3.8) is 0 Å². The minimum atomic E-state index is -0.430. The lowest BCUT2D eigenvalue weighted by molar-refractivity contribution is -0.121. The molecule has 0 saturated heterocycles. The highest BCUT2D eigenvalue weighted by atomic mass is 16.5. The van der Waals surface area contributed by atoms with Crippen LogP contribution in [0.5, 0.6) is 0 Å². The van der Waals surface area contributed by atoms with Crippen LogP contribution in [0.3, 0.4) is 0 Å². The average Bonchev–Trinajstić information content (AvgIpc) is 2.65. The third-order valence-corrected chi connectivity index (χ3v) is 4.34. The highest BCUT2D eigenvalue weighted by molar-refractivity contribution is 6.02. The Morgan fingerprint density at radius 3 is 2.46 bits per heavy atom. The lowest BCUT2D eigenvalue weighted by Crippen LogP contribution is -2.31. The molecule has 0 unspecified atom stereocenters. The third kappa shape index (κ3) is 7.69.